The zero-order valence-corrected chi connectivity index (χ0v) is 17.9. The number of nitrogens with one attached hydrogen (secondary N) is 1. The van der Waals surface area contributed by atoms with Gasteiger partial charge in [-0.1, -0.05) is 66.7 Å². The highest BCUT2D eigenvalue weighted by Crippen LogP contribution is 2.36. The highest BCUT2D eigenvalue weighted by atomic mass is 16.5. The lowest BCUT2D eigenvalue weighted by atomic mass is 9.99. The number of hydrogen-bond acceptors (Lipinski definition) is 4. The van der Waals surface area contributed by atoms with Crippen LogP contribution in [0.2, 0.25) is 0 Å². The molecule has 6 aromatic rings. The molecule has 0 saturated carbocycles. The van der Waals surface area contributed by atoms with Crippen molar-refractivity contribution < 1.29 is 9.53 Å². The molecule has 158 valence electrons. The minimum atomic E-state index is -0.479. The highest BCUT2D eigenvalue weighted by molar-refractivity contribution is 6.13. The van der Waals surface area contributed by atoms with Gasteiger partial charge in [0.1, 0.15) is 11.4 Å². The van der Waals surface area contributed by atoms with Crippen LogP contribution in [0.3, 0.4) is 0 Å². The summed E-state index contributed by atoms with van der Waals surface area (Å²) >= 11 is 0. The molecule has 0 aliphatic heterocycles. The number of fused-ring (bicyclic) bond motifs is 4. The fourth-order valence-corrected chi connectivity index (χ4v) is 4.39. The van der Waals surface area contributed by atoms with Crippen LogP contribution in [0.4, 0.5) is 0 Å². The Kier molecular flexibility index (Phi) is 4.40. The quantitative estimate of drug-likeness (QED) is 0.331. The maximum Gasteiger partial charge on any atom is 0.356 e. The Morgan fingerprint density at radius 1 is 0.788 bits per heavy atom. The minimum Gasteiger partial charge on any atom is -0.464 e. The minimum absolute atomic E-state index is 0.251. The van der Waals surface area contributed by atoms with Gasteiger partial charge < -0.3 is 9.72 Å². The SMILES string of the molecule is COC(=O)c1cc2c([nH]c3ccccc32)c(-c2cc(-c3ccccc3)c3ccccc3n2)n1. The van der Waals surface area contributed by atoms with E-state index in [4.69, 9.17) is 14.7 Å². The zero-order valence-electron chi connectivity index (χ0n) is 17.9. The van der Waals surface area contributed by atoms with Gasteiger partial charge in [-0.3, -0.25) is 0 Å². The molecule has 33 heavy (non-hydrogen) atoms. The van der Waals surface area contributed by atoms with Crippen molar-refractivity contribution in [2.24, 2.45) is 0 Å². The third kappa shape index (κ3) is 3.13. The van der Waals surface area contributed by atoms with Crippen molar-refractivity contribution in [3.8, 4) is 22.5 Å². The van der Waals surface area contributed by atoms with E-state index in [1.54, 1.807) is 6.07 Å². The summed E-state index contributed by atoms with van der Waals surface area (Å²) in [7, 11) is 1.37. The summed E-state index contributed by atoms with van der Waals surface area (Å²) in [6.45, 7) is 0. The maximum atomic E-state index is 12.5. The molecule has 3 aromatic heterocycles. The van der Waals surface area contributed by atoms with Gasteiger partial charge in [-0.25, -0.2) is 14.8 Å². The molecule has 0 radical (unpaired) electrons. The molecular formula is C28H19N3O2. The lowest BCUT2D eigenvalue weighted by Crippen LogP contribution is -2.05. The standard InChI is InChI=1S/C28H19N3O2/c1-33-28(32)25-16-21-19-12-6-8-14-23(19)30-26(21)27(31-25)24-15-20(17-9-3-2-4-10-17)18-11-5-7-13-22(18)29-24/h2-16,30H,1H3. The molecule has 3 aromatic carbocycles. The number of benzene rings is 3. The van der Waals surface area contributed by atoms with E-state index in [-0.39, 0.29) is 5.69 Å². The number of H-pyrrole nitrogens is 1. The summed E-state index contributed by atoms with van der Waals surface area (Å²) in [5, 5.41) is 2.99. The Bertz CT molecular complexity index is 1670. The summed E-state index contributed by atoms with van der Waals surface area (Å²) in [4.78, 5) is 25.6. The van der Waals surface area contributed by atoms with Crippen molar-refractivity contribution in [3.05, 3.63) is 96.7 Å². The molecule has 0 fully saturated rings. The van der Waals surface area contributed by atoms with Gasteiger partial charge in [0, 0.05) is 21.7 Å². The predicted molar refractivity (Wildman–Crippen MR) is 131 cm³/mol. The number of nitrogens with zero attached hydrogens (tertiary/aromatic N) is 2. The van der Waals surface area contributed by atoms with E-state index in [0.717, 1.165) is 43.8 Å². The van der Waals surface area contributed by atoms with Crippen LogP contribution in [0.1, 0.15) is 10.5 Å². The summed E-state index contributed by atoms with van der Waals surface area (Å²) < 4.78 is 5.00. The van der Waals surface area contributed by atoms with Crippen LogP contribution >= 0.6 is 0 Å². The average Bonchev–Trinajstić information content (AvgIpc) is 3.26. The molecule has 5 nitrogen and oxygen atoms in total. The van der Waals surface area contributed by atoms with Gasteiger partial charge in [-0.15, -0.1) is 0 Å². The zero-order chi connectivity index (χ0) is 22.4. The van der Waals surface area contributed by atoms with Crippen molar-refractivity contribution in [2.75, 3.05) is 7.11 Å². The number of esters is 1. The fourth-order valence-electron chi connectivity index (χ4n) is 4.39. The number of para-hydroxylation sites is 2. The van der Waals surface area contributed by atoms with Crippen LogP contribution < -0.4 is 0 Å². The Hall–Kier alpha value is -4.51. The topological polar surface area (TPSA) is 67.9 Å². The second-order valence-corrected chi connectivity index (χ2v) is 7.88. The number of carbonyl (C=O) groups excluding carboxylic acids is 1. The first-order chi connectivity index (χ1) is 16.2. The van der Waals surface area contributed by atoms with Crippen molar-refractivity contribution in [1.82, 2.24) is 15.0 Å². The third-order valence-corrected chi connectivity index (χ3v) is 5.93. The summed E-state index contributed by atoms with van der Waals surface area (Å²) in [6.07, 6.45) is 0. The normalized spacial score (nSPS) is 11.3. The lowest BCUT2D eigenvalue weighted by Gasteiger charge is -2.11. The van der Waals surface area contributed by atoms with E-state index in [2.05, 4.69) is 23.2 Å². The number of methoxy groups -OCH3 is 1. The Balaban J connectivity index is 1.71. The van der Waals surface area contributed by atoms with Crippen LogP contribution in [0, 0.1) is 0 Å². The molecule has 0 atom stereocenters. The maximum absolute atomic E-state index is 12.5. The molecule has 1 N–H and O–H groups in total. The number of aromatic nitrogens is 3. The predicted octanol–water partition coefficient (Wildman–Crippen LogP) is 6.38. The van der Waals surface area contributed by atoms with E-state index in [1.165, 1.54) is 7.11 Å². The molecular weight excluding hydrogens is 410 g/mol. The van der Waals surface area contributed by atoms with E-state index in [0.29, 0.717) is 11.4 Å². The monoisotopic (exact) mass is 429 g/mol. The Morgan fingerprint density at radius 2 is 1.52 bits per heavy atom. The number of aromatic amines is 1. The number of ether oxygens (including phenoxy) is 1. The van der Waals surface area contributed by atoms with Crippen LogP contribution in [0.5, 0.6) is 0 Å². The molecule has 0 aliphatic carbocycles. The average molecular weight is 429 g/mol. The summed E-state index contributed by atoms with van der Waals surface area (Å²) in [5.41, 5.74) is 6.39. The van der Waals surface area contributed by atoms with Gasteiger partial charge in [-0.05, 0) is 35.4 Å². The van der Waals surface area contributed by atoms with Crippen molar-refractivity contribution in [1.29, 1.82) is 0 Å². The molecule has 0 aliphatic rings. The number of hydrogen-bond donors (Lipinski definition) is 1. The molecule has 0 spiro atoms. The third-order valence-electron chi connectivity index (χ3n) is 5.93. The molecule has 5 heteroatoms. The molecule has 0 saturated heterocycles. The molecule has 0 unspecified atom stereocenters. The summed E-state index contributed by atoms with van der Waals surface area (Å²) in [5.74, 6) is -0.479. The molecule has 6 rings (SSSR count). The Labute approximate surface area is 189 Å². The first-order valence-corrected chi connectivity index (χ1v) is 10.7. The second kappa shape index (κ2) is 7.57. The van der Waals surface area contributed by atoms with Crippen LogP contribution in [0.25, 0.3) is 55.2 Å². The van der Waals surface area contributed by atoms with Crippen LogP contribution in [0.15, 0.2) is 91.0 Å². The van der Waals surface area contributed by atoms with Gasteiger partial charge in [-0.2, -0.15) is 0 Å². The number of pyridine rings is 2. The smallest absolute Gasteiger partial charge is 0.356 e. The van der Waals surface area contributed by atoms with Crippen molar-refractivity contribution >= 4 is 38.7 Å². The van der Waals surface area contributed by atoms with Gasteiger partial charge in [0.25, 0.3) is 0 Å². The summed E-state index contributed by atoms with van der Waals surface area (Å²) in [6, 6.07) is 30.1. The number of carbonyl (C=O) groups is 1. The van der Waals surface area contributed by atoms with Crippen LogP contribution in [-0.2, 0) is 4.74 Å². The van der Waals surface area contributed by atoms with Gasteiger partial charge in [0.2, 0.25) is 0 Å². The van der Waals surface area contributed by atoms with E-state index < -0.39 is 5.97 Å². The van der Waals surface area contributed by atoms with Gasteiger partial charge in [0.15, 0.2) is 0 Å². The first-order valence-electron chi connectivity index (χ1n) is 10.7. The number of rotatable bonds is 3. The van der Waals surface area contributed by atoms with Crippen molar-refractivity contribution in [2.45, 2.75) is 0 Å². The van der Waals surface area contributed by atoms with E-state index in [1.807, 2.05) is 66.7 Å². The Morgan fingerprint density at radius 3 is 2.33 bits per heavy atom. The molecule has 0 amide bonds. The molecule has 0 bridgehead atoms. The first kappa shape index (κ1) is 19.2. The fraction of sp³-hybridized carbons (Fsp3) is 0.0357. The second-order valence-electron chi connectivity index (χ2n) is 7.88. The lowest BCUT2D eigenvalue weighted by molar-refractivity contribution is 0.0594. The molecule has 3 heterocycles. The van der Waals surface area contributed by atoms with Gasteiger partial charge >= 0.3 is 5.97 Å². The van der Waals surface area contributed by atoms with Crippen LogP contribution in [-0.4, -0.2) is 28.0 Å². The van der Waals surface area contributed by atoms with Gasteiger partial charge in [0.05, 0.1) is 23.8 Å². The van der Waals surface area contributed by atoms with Crippen molar-refractivity contribution in [3.63, 3.8) is 0 Å². The largest absolute Gasteiger partial charge is 0.464 e. The van der Waals surface area contributed by atoms with E-state index >= 15 is 0 Å². The highest BCUT2D eigenvalue weighted by Gasteiger charge is 2.19. The van der Waals surface area contributed by atoms with E-state index in [9.17, 15) is 4.79 Å².